The standard InChI is InChI=1S/C22H23N3O5S/c1-25(17-5-3-2-4-6-17)31(29,30)18-10-8-16(9-11-18)21(26)24-20-12-7-15(14-23)13-19(20)22(27)28/h7-13,17H,2-6H2,1H3,(H,24,26)(H,27,28). The summed E-state index contributed by atoms with van der Waals surface area (Å²) in [6.45, 7) is 0. The molecule has 0 atom stereocenters. The summed E-state index contributed by atoms with van der Waals surface area (Å²) in [4.78, 5) is 24.1. The Morgan fingerprint density at radius 1 is 1.10 bits per heavy atom. The van der Waals surface area contributed by atoms with Crippen LogP contribution < -0.4 is 5.32 Å². The lowest BCUT2D eigenvalue weighted by Crippen LogP contribution is -2.38. The van der Waals surface area contributed by atoms with Crippen LogP contribution in [0.2, 0.25) is 0 Å². The average Bonchev–Trinajstić information content (AvgIpc) is 2.79. The van der Waals surface area contributed by atoms with Crippen molar-refractivity contribution in [3.05, 3.63) is 59.2 Å². The molecule has 2 aromatic rings. The van der Waals surface area contributed by atoms with E-state index in [1.807, 2.05) is 6.07 Å². The number of nitrogens with zero attached hydrogens (tertiary/aromatic N) is 2. The van der Waals surface area contributed by atoms with E-state index < -0.39 is 21.9 Å². The minimum atomic E-state index is -3.67. The third-order valence-electron chi connectivity index (χ3n) is 5.51. The topological polar surface area (TPSA) is 128 Å². The maximum atomic E-state index is 12.9. The molecule has 0 spiro atoms. The van der Waals surface area contributed by atoms with Gasteiger partial charge in [-0.05, 0) is 55.3 Å². The molecule has 1 aliphatic carbocycles. The molecule has 0 saturated heterocycles. The van der Waals surface area contributed by atoms with Crippen molar-refractivity contribution in [1.82, 2.24) is 4.31 Å². The Balaban J connectivity index is 1.78. The number of amides is 1. The highest BCUT2D eigenvalue weighted by atomic mass is 32.2. The molecule has 0 aromatic heterocycles. The summed E-state index contributed by atoms with van der Waals surface area (Å²) >= 11 is 0. The number of anilines is 1. The lowest BCUT2D eigenvalue weighted by atomic mass is 9.96. The average molecular weight is 442 g/mol. The molecular formula is C22H23N3O5S. The van der Waals surface area contributed by atoms with Crippen molar-refractivity contribution >= 4 is 27.6 Å². The van der Waals surface area contributed by atoms with Crippen LogP contribution in [0.15, 0.2) is 47.4 Å². The van der Waals surface area contributed by atoms with Crippen LogP contribution >= 0.6 is 0 Å². The van der Waals surface area contributed by atoms with Crippen molar-refractivity contribution in [2.24, 2.45) is 0 Å². The number of carbonyl (C=O) groups excluding carboxylic acids is 1. The molecule has 8 nitrogen and oxygen atoms in total. The number of hydrogen-bond acceptors (Lipinski definition) is 5. The fourth-order valence-electron chi connectivity index (χ4n) is 3.68. The van der Waals surface area contributed by atoms with Gasteiger partial charge in [0.15, 0.2) is 0 Å². The van der Waals surface area contributed by atoms with Crippen molar-refractivity contribution in [3.8, 4) is 6.07 Å². The molecule has 0 heterocycles. The molecule has 162 valence electrons. The van der Waals surface area contributed by atoms with Crippen LogP contribution in [0.25, 0.3) is 0 Å². The highest BCUT2D eigenvalue weighted by Crippen LogP contribution is 2.27. The summed E-state index contributed by atoms with van der Waals surface area (Å²) in [6, 6.07) is 11.3. The summed E-state index contributed by atoms with van der Waals surface area (Å²) in [5.74, 6) is -1.86. The van der Waals surface area contributed by atoms with E-state index in [9.17, 15) is 23.1 Å². The molecule has 0 radical (unpaired) electrons. The van der Waals surface area contributed by atoms with E-state index in [4.69, 9.17) is 5.26 Å². The number of carboxylic acids is 1. The first-order chi connectivity index (χ1) is 14.7. The number of benzene rings is 2. The van der Waals surface area contributed by atoms with Gasteiger partial charge in [0.25, 0.3) is 5.91 Å². The smallest absolute Gasteiger partial charge is 0.337 e. The number of aromatic carboxylic acids is 1. The number of carbonyl (C=O) groups is 2. The van der Waals surface area contributed by atoms with Gasteiger partial charge in [-0.2, -0.15) is 9.57 Å². The Morgan fingerprint density at radius 2 is 1.74 bits per heavy atom. The second kappa shape index (κ2) is 9.29. The zero-order valence-corrected chi connectivity index (χ0v) is 17.9. The maximum Gasteiger partial charge on any atom is 0.337 e. The molecule has 1 aliphatic rings. The van der Waals surface area contributed by atoms with Gasteiger partial charge in [0.1, 0.15) is 0 Å². The van der Waals surface area contributed by atoms with Gasteiger partial charge in [-0.25, -0.2) is 13.2 Å². The van der Waals surface area contributed by atoms with Crippen molar-refractivity contribution in [3.63, 3.8) is 0 Å². The second-order valence-electron chi connectivity index (χ2n) is 7.47. The lowest BCUT2D eigenvalue weighted by molar-refractivity contribution is 0.0698. The Labute approximate surface area is 181 Å². The fourth-order valence-corrected chi connectivity index (χ4v) is 5.10. The third kappa shape index (κ3) is 4.93. The van der Waals surface area contributed by atoms with Gasteiger partial charge in [-0.15, -0.1) is 0 Å². The first kappa shape index (κ1) is 22.5. The second-order valence-corrected chi connectivity index (χ2v) is 9.47. The quantitative estimate of drug-likeness (QED) is 0.707. The highest BCUT2D eigenvalue weighted by molar-refractivity contribution is 7.89. The van der Waals surface area contributed by atoms with Crippen molar-refractivity contribution < 1.29 is 23.1 Å². The van der Waals surface area contributed by atoms with Gasteiger partial charge in [-0.1, -0.05) is 19.3 Å². The number of rotatable bonds is 6. The van der Waals surface area contributed by atoms with Crippen LogP contribution in [0.3, 0.4) is 0 Å². The third-order valence-corrected chi connectivity index (χ3v) is 7.43. The number of sulfonamides is 1. The van der Waals surface area contributed by atoms with Gasteiger partial charge < -0.3 is 10.4 Å². The van der Waals surface area contributed by atoms with Crippen LogP contribution in [0.5, 0.6) is 0 Å². The first-order valence-electron chi connectivity index (χ1n) is 9.91. The molecule has 1 amide bonds. The van der Waals surface area contributed by atoms with Crippen LogP contribution in [-0.4, -0.2) is 42.8 Å². The number of carboxylic acid groups (broad SMARTS) is 1. The summed E-state index contributed by atoms with van der Waals surface area (Å²) in [5.41, 5.74) is 0.179. The molecule has 2 aromatic carbocycles. The SMILES string of the molecule is CN(C1CCCCC1)S(=O)(=O)c1ccc(C(=O)Nc2ccc(C#N)cc2C(=O)O)cc1. The van der Waals surface area contributed by atoms with Gasteiger partial charge in [0.2, 0.25) is 10.0 Å². The molecule has 3 rings (SSSR count). The molecule has 1 saturated carbocycles. The molecule has 1 fully saturated rings. The van der Waals surface area contributed by atoms with Crippen LogP contribution in [0.1, 0.15) is 58.4 Å². The number of nitrogens with one attached hydrogen (secondary N) is 1. The molecule has 0 bridgehead atoms. The Bertz CT molecular complexity index is 1130. The normalized spacial score (nSPS) is 14.7. The van der Waals surface area contributed by atoms with E-state index in [0.29, 0.717) is 0 Å². The van der Waals surface area contributed by atoms with E-state index in [-0.39, 0.29) is 33.3 Å². The highest BCUT2D eigenvalue weighted by Gasteiger charge is 2.29. The number of hydrogen-bond donors (Lipinski definition) is 2. The molecule has 9 heteroatoms. The molecule has 31 heavy (non-hydrogen) atoms. The van der Waals surface area contributed by atoms with Gasteiger partial charge in [0, 0.05) is 18.7 Å². The minimum absolute atomic E-state index is 0.0208. The number of nitriles is 1. The van der Waals surface area contributed by atoms with Gasteiger partial charge in [0.05, 0.1) is 27.8 Å². The van der Waals surface area contributed by atoms with E-state index in [1.165, 1.54) is 46.8 Å². The van der Waals surface area contributed by atoms with E-state index >= 15 is 0 Å². The van der Waals surface area contributed by atoms with E-state index in [2.05, 4.69) is 5.32 Å². The Morgan fingerprint density at radius 3 is 2.32 bits per heavy atom. The molecule has 0 aliphatic heterocycles. The van der Waals surface area contributed by atoms with Gasteiger partial charge in [-0.3, -0.25) is 4.79 Å². The molecular weight excluding hydrogens is 418 g/mol. The van der Waals surface area contributed by atoms with Crippen LogP contribution in [0.4, 0.5) is 5.69 Å². The fraction of sp³-hybridized carbons (Fsp3) is 0.318. The summed E-state index contributed by atoms with van der Waals surface area (Å²) in [7, 11) is -2.08. The lowest BCUT2D eigenvalue weighted by Gasteiger charge is -2.30. The van der Waals surface area contributed by atoms with Crippen molar-refractivity contribution in [2.45, 2.75) is 43.0 Å². The molecule has 0 unspecified atom stereocenters. The zero-order valence-electron chi connectivity index (χ0n) is 17.0. The minimum Gasteiger partial charge on any atom is -0.478 e. The monoisotopic (exact) mass is 441 g/mol. The van der Waals surface area contributed by atoms with Crippen molar-refractivity contribution in [2.75, 3.05) is 12.4 Å². The predicted molar refractivity (Wildman–Crippen MR) is 114 cm³/mol. The van der Waals surface area contributed by atoms with Crippen molar-refractivity contribution in [1.29, 1.82) is 5.26 Å². The van der Waals surface area contributed by atoms with Gasteiger partial charge >= 0.3 is 5.97 Å². The molecule has 2 N–H and O–H groups in total. The summed E-state index contributed by atoms with van der Waals surface area (Å²) in [6.07, 6.45) is 4.82. The van der Waals surface area contributed by atoms with Crippen LogP contribution in [-0.2, 0) is 10.0 Å². The largest absolute Gasteiger partial charge is 0.478 e. The Kier molecular flexibility index (Phi) is 6.73. The first-order valence-corrected chi connectivity index (χ1v) is 11.3. The zero-order chi connectivity index (χ0) is 22.6. The summed E-state index contributed by atoms with van der Waals surface area (Å²) in [5, 5.41) is 20.8. The predicted octanol–water partition coefficient (Wildman–Crippen LogP) is 3.46. The van der Waals surface area contributed by atoms with Crippen LogP contribution in [0, 0.1) is 11.3 Å². The van der Waals surface area contributed by atoms with E-state index in [0.717, 1.165) is 32.1 Å². The van der Waals surface area contributed by atoms with E-state index in [1.54, 1.807) is 7.05 Å². The summed E-state index contributed by atoms with van der Waals surface area (Å²) < 4.78 is 27.2. The maximum absolute atomic E-state index is 12.9. The Hall–Kier alpha value is -3.22.